The Bertz CT molecular complexity index is 450. The summed E-state index contributed by atoms with van der Waals surface area (Å²) < 4.78 is 24.3. The van der Waals surface area contributed by atoms with Crippen molar-refractivity contribution in [3.8, 4) is 0 Å². The van der Waals surface area contributed by atoms with Crippen LogP contribution in [0.2, 0.25) is 0 Å². The van der Waals surface area contributed by atoms with Gasteiger partial charge in [-0.3, -0.25) is 4.21 Å². The van der Waals surface area contributed by atoms with Crippen molar-refractivity contribution < 1.29 is 18.5 Å². The molecule has 0 radical (unpaired) electrons. The number of carboxylic acid groups (broad SMARTS) is 1. The van der Waals surface area contributed by atoms with Crippen molar-refractivity contribution in [2.75, 3.05) is 17.3 Å². The Hall–Kier alpha value is -1.43. The first kappa shape index (κ1) is 13.6. The van der Waals surface area contributed by atoms with E-state index in [0.29, 0.717) is 5.75 Å². The van der Waals surface area contributed by atoms with Gasteiger partial charge < -0.3 is 10.4 Å². The third-order valence-corrected chi connectivity index (χ3v) is 3.08. The summed E-state index contributed by atoms with van der Waals surface area (Å²) in [5.74, 6) is -1.74. The van der Waals surface area contributed by atoms with Gasteiger partial charge in [-0.1, -0.05) is 6.07 Å². The van der Waals surface area contributed by atoms with Gasteiger partial charge >= 0.3 is 5.97 Å². The van der Waals surface area contributed by atoms with Crippen molar-refractivity contribution in [3.63, 3.8) is 0 Å². The van der Waals surface area contributed by atoms with Crippen LogP contribution in [0.3, 0.4) is 0 Å². The minimum Gasteiger partial charge on any atom is -0.478 e. The lowest BCUT2D eigenvalue weighted by atomic mass is 10.1. The summed E-state index contributed by atoms with van der Waals surface area (Å²) in [7, 11) is -0.996. The molecule has 0 amide bonds. The van der Waals surface area contributed by atoms with Crippen LogP contribution in [-0.2, 0) is 10.8 Å². The largest absolute Gasteiger partial charge is 0.478 e. The average molecular weight is 259 g/mol. The van der Waals surface area contributed by atoms with E-state index in [-0.39, 0.29) is 17.3 Å². The Kier molecular flexibility index (Phi) is 4.62. The molecule has 0 aliphatic carbocycles. The van der Waals surface area contributed by atoms with E-state index in [2.05, 4.69) is 5.32 Å². The van der Waals surface area contributed by atoms with Gasteiger partial charge in [0.1, 0.15) is 11.4 Å². The second-order valence-corrected chi connectivity index (χ2v) is 5.23. The highest BCUT2D eigenvalue weighted by Crippen LogP contribution is 2.19. The van der Waals surface area contributed by atoms with Crippen LogP contribution in [-0.4, -0.2) is 33.3 Å². The van der Waals surface area contributed by atoms with Gasteiger partial charge in [0.05, 0.1) is 5.69 Å². The molecule has 0 aromatic heterocycles. The molecule has 2 N–H and O–H groups in total. The van der Waals surface area contributed by atoms with Crippen LogP contribution >= 0.6 is 0 Å². The molecule has 4 nitrogen and oxygen atoms in total. The second kappa shape index (κ2) is 5.77. The maximum absolute atomic E-state index is 13.3. The number of rotatable bonds is 5. The van der Waals surface area contributed by atoms with Gasteiger partial charge in [0, 0.05) is 28.9 Å². The molecule has 0 bridgehead atoms. The van der Waals surface area contributed by atoms with Gasteiger partial charge in [0.25, 0.3) is 0 Å². The lowest BCUT2D eigenvalue weighted by Crippen LogP contribution is -2.23. The smallest absolute Gasteiger partial charge is 0.340 e. The zero-order valence-electron chi connectivity index (χ0n) is 9.57. The molecule has 2 unspecified atom stereocenters. The first-order valence-electron chi connectivity index (χ1n) is 5.00. The van der Waals surface area contributed by atoms with Crippen LogP contribution in [0.25, 0.3) is 0 Å². The van der Waals surface area contributed by atoms with Crippen molar-refractivity contribution in [3.05, 3.63) is 29.6 Å². The van der Waals surface area contributed by atoms with Crippen LogP contribution in [0.1, 0.15) is 17.3 Å². The van der Waals surface area contributed by atoms with E-state index in [4.69, 9.17) is 5.11 Å². The Labute approximate surface area is 101 Å². The third kappa shape index (κ3) is 3.81. The molecule has 0 aliphatic heterocycles. The van der Waals surface area contributed by atoms with Crippen molar-refractivity contribution in [1.29, 1.82) is 0 Å². The first-order valence-corrected chi connectivity index (χ1v) is 6.73. The second-order valence-electron chi connectivity index (χ2n) is 3.75. The van der Waals surface area contributed by atoms with Crippen LogP contribution in [0.4, 0.5) is 10.1 Å². The predicted molar refractivity (Wildman–Crippen MR) is 65.4 cm³/mol. The van der Waals surface area contributed by atoms with E-state index in [0.717, 1.165) is 6.07 Å². The number of halogens is 1. The van der Waals surface area contributed by atoms with E-state index < -0.39 is 22.6 Å². The first-order chi connectivity index (χ1) is 7.91. The number of carbonyl (C=O) groups is 1. The summed E-state index contributed by atoms with van der Waals surface area (Å²) in [6.07, 6.45) is 1.56. The Morgan fingerprint density at radius 1 is 1.59 bits per heavy atom. The molecular weight excluding hydrogens is 245 g/mol. The number of hydrogen-bond donors (Lipinski definition) is 2. The van der Waals surface area contributed by atoms with Crippen molar-refractivity contribution in [2.24, 2.45) is 0 Å². The molecule has 2 atom stereocenters. The van der Waals surface area contributed by atoms with Crippen molar-refractivity contribution >= 4 is 22.5 Å². The molecule has 0 spiro atoms. The number of nitrogens with one attached hydrogen (secondary N) is 1. The molecule has 0 fully saturated rings. The Morgan fingerprint density at radius 3 is 2.76 bits per heavy atom. The summed E-state index contributed by atoms with van der Waals surface area (Å²) in [4.78, 5) is 10.9. The summed E-state index contributed by atoms with van der Waals surface area (Å²) in [6, 6.07) is 3.82. The zero-order valence-corrected chi connectivity index (χ0v) is 10.4. The van der Waals surface area contributed by atoms with Crippen molar-refractivity contribution in [2.45, 2.75) is 13.0 Å². The standard InChI is InChI=1S/C11H14FNO3S/c1-7(6-17(2)16)13-9-5-3-4-8(12)10(9)11(14)15/h3-5,7,13H,6H2,1-2H3,(H,14,15). The number of hydrogen-bond acceptors (Lipinski definition) is 3. The normalized spacial score (nSPS) is 14.1. The summed E-state index contributed by atoms with van der Waals surface area (Å²) in [5.41, 5.74) is -0.184. The fourth-order valence-corrected chi connectivity index (χ4v) is 2.31. The lowest BCUT2D eigenvalue weighted by Gasteiger charge is -2.15. The molecule has 0 heterocycles. The molecule has 0 aliphatic rings. The number of benzene rings is 1. The predicted octanol–water partition coefficient (Wildman–Crippen LogP) is 1.70. The SMILES string of the molecule is CC(CS(C)=O)Nc1cccc(F)c1C(=O)O. The molecule has 1 aromatic carbocycles. The van der Waals surface area contributed by atoms with Gasteiger partial charge in [-0.2, -0.15) is 0 Å². The molecule has 0 saturated heterocycles. The number of aromatic carboxylic acids is 1. The lowest BCUT2D eigenvalue weighted by molar-refractivity contribution is 0.0693. The average Bonchev–Trinajstić information content (AvgIpc) is 2.15. The molecular formula is C11H14FNO3S. The van der Waals surface area contributed by atoms with Crippen LogP contribution in [0, 0.1) is 5.82 Å². The van der Waals surface area contributed by atoms with Crippen LogP contribution in [0.15, 0.2) is 18.2 Å². The highest BCUT2D eigenvalue weighted by atomic mass is 32.2. The van der Waals surface area contributed by atoms with Crippen LogP contribution in [0.5, 0.6) is 0 Å². The molecule has 6 heteroatoms. The summed E-state index contributed by atoms with van der Waals surface area (Å²) in [5, 5.41) is 11.8. The Morgan fingerprint density at radius 2 is 2.24 bits per heavy atom. The monoisotopic (exact) mass is 259 g/mol. The van der Waals surface area contributed by atoms with E-state index >= 15 is 0 Å². The van der Waals surface area contributed by atoms with Gasteiger partial charge in [-0.05, 0) is 19.1 Å². The van der Waals surface area contributed by atoms with E-state index in [1.54, 1.807) is 13.2 Å². The minimum atomic E-state index is -1.32. The summed E-state index contributed by atoms with van der Waals surface area (Å²) in [6.45, 7) is 1.76. The van der Waals surface area contributed by atoms with E-state index in [1.165, 1.54) is 12.1 Å². The fourth-order valence-electron chi connectivity index (χ4n) is 1.52. The third-order valence-electron chi connectivity index (χ3n) is 2.11. The quantitative estimate of drug-likeness (QED) is 0.844. The number of anilines is 1. The van der Waals surface area contributed by atoms with Crippen molar-refractivity contribution in [1.82, 2.24) is 0 Å². The van der Waals surface area contributed by atoms with Crippen LogP contribution < -0.4 is 5.32 Å². The van der Waals surface area contributed by atoms with Gasteiger partial charge in [-0.15, -0.1) is 0 Å². The number of carboxylic acids is 1. The van der Waals surface area contributed by atoms with Gasteiger partial charge in [0.2, 0.25) is 0 Å². The maximum atomic E-state index is 13.3. The highest BCUT2D eigenvalue weighted by molar-refractivity contribution is 7.84. The summed E-state index contributed by atoms with van der Waals surface area (Å²) >= 11 is 0. The molecule has 1 rings (SSSR count). The fraction of sp³-hybridized carbons (Fsp3) is 0.364. The Balaban J connectivity index is 2.94. The highest BCUT2D eigenvalue weighted by Gasteiger charge is 2.17. The van der Waals surface area contributed by atoms with Gasteiger partial charge in [-0.25, -0.2) is 9.18 Å². The zero-order chi connectivity index (χ0) is 13.0. The van der Waals surface area contributed by atoms with E-state index in [1.807, 2.05) is 0 Å². The molecule has 17 heavy (non-hydrogen) atoms. The topological polar surface area (TPSA) is 66.4 Å². The van der Waals surface area contributed by atoms with Gasteiger partial charge in [0.15, 0.2) is 0 Å². The van der Waals surface area contributed by atoms with E-state index in [9.17, 15) is 13.4 Å². The molecule has 1 aromatic rings. The minimum absolute atomic E-state index is 0.194. The maximum Gasteiger partial charge on any atom is 0.340 e. The molecule has 94 valence electrons. The molecule has 0 saturated carbocycles.